The van der Waals surface area contributed by atoms with E-state index in [0.717, 1.165) is 6.42 Å². The van der Waals surface area contributed by atoms with Crippen LogP contribution in [0.25, 0.3) is 0 Å². The molecular formula is C17H25BO2. The van der Waals surface area contributed by atoms with Crippen molar-refractivity contribution in [3.63, 3.8) is 0 Å². The SMILES string of the molecule is CC(/C=C\B1OC(C)(C)C(C)(C)O1)Cc1ccccc1. The van der Waals surface area contributed by atoms with Gasteiger partial charge in [0, 0.05) is 0 Å². The Labute approximate surface area is 123 Å². The van der Waals surface area contributed by atoms with Gasteiger partial charge in [-0.2, -0.15) is 0 Å². The summed E-state index contributed by atoms with van der Waals surface area (Å²) in [4.78, 5) is 0. The van der Waals surface area contributed by atoms with E-state index < -0.39 is 0 Å². The third-order valence-electron chi connectivity index (χ3n) is 4.27. The van der Waals surface area contributed by atoms with Gasteiger partial charge in [0.05, 0.1) is 11.2 Å². The first-order valence-corrected chi connectivity index (χ1v) is 7.38. The highest BCUT2D eigenvalue weighted by Crippen LogP contribution is 2.36. The van der Waals surface area contributed by atoms with Crippen LogP contribution in [0.4, 0.5) is 0 Å². The van der Waals surface area contributed by atoms with Crippen molar-refractivity contribution in [2.45, 2.75) is 52.2 Å². The summed E-state index contributed by atoms with van der Waals surface area (Å²) in [5, 5.41) is 0. The molecule has 1 aliphatic heterocycles. The third kappa shape index (κ3) is 3.53. The maximum absolute atomic E-state index is 5.96. The van der Waals surface area contributed by atoms with Gasteiger partial charge in [0.1, 0.15) is 0 Å². The molecule has 1 aromatic rings. The largest absolute Gasteiger partial charge is 0.486 e. The molecule has 1 heterocycles. The number of hydrogen-bond donors (Lipinski definition) is 0. The van der Waals surface area contributed by atoms with E-state index in [0.29, 0.717) is 5.92 Å². The van der Waals surface area contributed by atoms with Gasteiger partial charge in [-0.1, -0.05) is 49.3 Å². The molecule has 1 fully saturated rings. The normalized spacial score (nSPS) is 22.4. The number of rotatable bonds is 4. The van der Waals surface area contributed by atoms with Crippen LogP contribution in [0.1, 0.15) is 40.2 Å². The quantitative estimate of drug-likeness (QED) is 0.770. The fraction of sp³-hybridized carbons (Fsp3) is 0.529. The molecule has 20 heavy (non-hydrogen) atoms. The molecule has 2 rings (SSSR count). The van der Waals surface area contributed by atoms with Crippen molar-refractivity contribution in [3.05, 3.63) is 47.9 Å². The average Bonchev–Trinajstić information content (AvgIpc) is 2.57. The highest BCUT2D eigenvalue weighted by molar-refractivity contribution is 6.51. The van der Waals surface area contributed by atoms with E-state index in [9.17, 15) is 0 Å². The molecule has 0 saturated carbocycles. The molecule has 0 aromatic heterocycles. The minimum absolute atomic E-state index is 0.238. The lowest BCUT2D eigenvalue weighted by Gasteiger charge is -2.32. The van der Waals surface area contributed by atoms with Crippen LogP contribution >= 0.6 is 0 Å². The van der Waals surface area contributed by atoms with Crippen molar-refractivity contribution >= 4 is 7.12 Å². The third-order valence-corrected chi connectivity index (χ3v) is 4.27. The molecule has 0 amide bonds. The van der Waals surface area contributed by atoms with Crippen LogP contribution in [0.3, 0.4) is 0 Å². The Balaban J connectivity index is 1.91. The molecule has 0 aliphatic carbocycles. The van der Waals surface area contributed by atoms with Gasteiger partial charge in [0.25, 0.3) is 0 Å². The van der Waals surface area contributed by atoms with Crippen molar-refractivity contribution in [2.24, 2.45) is 5.92 Å². The van der Waals surface area contributed by atoms with Gasteiger partial charge in [-0.15, -0.1) is 0 Å². The second-order valence-electron chi connectivity index (χ2n) is 6.68. The highest BCUT2D eigenvalue weighted by Gasteiger charge is 2.49. The average molecular weight is 272 g/mol. The zero-order valence-electron chi connectivity index (χ0n) is 13.2. The summed E-state index contributed by atoms with van der Waals surface area (Å²) in [5.41, 5.74) is 0.841. The molecule has 1 unspecified atom stereocenters. The zero-order chi connectivity index (χ0) is 14.8. The standard InChI is InChI=1S/C17H25BO2/c1-14(13-15-9-7-6-8-10-15)11-12-18-19-16(2,3)17(4,5)20-18/h6-12,14H,13H2,1-5H3/b12-11-. The summed E-state index contributed by atoms with van der Waals surface area (Å²) < 4.78 is 11.9. The van der Waals surface area contributed by atoms with Gasteiger partial charge in [-0.3, -0.25) is 0 Å². The number of allylic oxidation sites excluding steroid dienone is 1. The predicted octanol–water partition coefficient (Wildman–Crippen LogP) is 4.05. The molecule has 1 aromatic carbocycles. The lowest BCUT2D eigenvalue weighted by Crippen LogP contribution is -2.41. The Morgan fingerprint density at radius 1 is 1.05 bits per heavy atom. The molecule has 3 heteroatoms. The molecule has 0 spiro atoms. The number of hydrogen-bond acceptors (Lipinski definition) is 2. The fourth-order valence-corrected chi connectivity index (χ4v) is 2.30. The maximum Gasteiger partial charge on any atom is 0.486 e. The second kappa shape index (κ2) is 5.75. The fourth-order valence-electron chi connectivity index (χ4n) is 2.30. The summed E-state index contributed by atoms with van der Waals surface area (Å²) >= 11 is 0. The minimum Gasteiger partial charge on any atom is -0.400 e. The lowest BCUT2D eigenvalue weighted by atomic mass is 9.87. The molecule has 0 N–H and O–H groups in total. The zero-order valence-corrected chi connectivity index (χ0v) is 13.2. The predicted molar refractivity (Wildman–Crippen MR) is 84.5 cm³/mol. The summed E-state index contributed by atoms with van der Waals surface area (Å²) in [5.74, 6) is 2.51. The van der Waals surface area contributed by atoms with E-state index in [1.807, 2.05) is 12.0 Å². The monoisotopic (exact) mass is 272 g/mol. The summed E-state index contributed by atoms with van der Waals surface area (Å²) in [6.07, 6.45) is 3.23. The van der Waals surface area contributed by atoms with E-state index in [1.54, 1.807) is 0 Å². The van der Waals surface area contributed by atoms with Crippen LogP contribution < -0.4 is 0 Å². The highest BCUT2D eigenvalue weighted by atomic mass is 16.7. The molecule has 108 valence electrons. The Morgan fingerprint density at radius 3 is 2.15 bits per heavy atom. The topological polar surface area (TPSA) is 18.5 Å². The minimum atomic E-state index is -0.259. The smallest absolute Gasteiger partial charge is 0.400 e. The molecular weight excluding hydrogens is 247 g/mol. The van der Waals surface area contributed by atoms with Gasteiger partial charge in [-0.25, -0.2) is 0 Å². The Morgan fingerprint density at radius 2 is 1.60 bits per heavy atom. The second-order valence-corrected chi connectivity index (χ2v) is 6.68. The van der Waals surface area contributed by atoms with E-state index in [1.165, 1.54) is 5.56 Å². The lowest BCUT2D eigenvalue weighted by molar-refractivity contribution is 0.00578. The van der Waals surface area contributed by atoms with Crippen molar-refractivity contribution in [1.82, 2.24) is 0 Å². The summed E-state index contributed by atoms with van der Waals surface area (Å²) in [7, 11) is -0.238. The molecule has 0 radical (unpaired) electrons. The van der Waals surface area contributed by atoms with Crippen LogP contribution in [-0.2, 0) is 15.7 Å². The van der Waals surface area contributed by atoms with Gasteiger partial charge in [0.15, 0.2) is 0 Å². The van der Waals surface area contributed by atoms with Crippen LogP contribution in [0.15, 0.2) is 42.4 Å². The van der Waals surface area contributed by atoms with E-state index in [-0.39, 0.29) is 18.3 Å². The van der Waals surface area contributed by atoms with Gasteiger partial charge < -0.3 is 9.31 Å². The van der Waals surface area contributed by atoms with Crippen molar-refractivity contribution in [3.8, 4) is 0 Å². The molecule has 1 atom stereocenters. The van der Waals surface area contributed by atoms with Gasteiger partial charge >= 0.3 is 7.12 Å². The van der Waals surface area contributed by atoms with Crippen LogP contribution in [-0.4, -0.2) is 18.3 Å². The van der Waals surface area contributed by atoms with Crippen molar-refractivity contribution in [1.29, 1.82) is 0 Å². The molecule has 0 bridgehead atoms. The molecule has 1 saturated heterocycles. The summed E-state index contributed by atoms with van der Waals surface area (Å²) in [6.45, 7) is 10.5. The first-order valence-electron chi connectivity index (χ1n) is 7.38. The Bertz CT molecular complexity index is 449. The molecule has 1 aliphatic rings. The first kappa shape index (κ1) is 15.3. The van der Waals surface area contributed by atoms with Crippen molar-refractivity contribution < 1.29 is 9.31 Å². The van der Waals surface area contributed by atoms with Gasteiger partial charge in [0.2, 0.25) is 0 Å². The maximum atomic E-state index is 5.96. The van der Waals surface area contributed by atoms with Crippen LogP contribution in [0, 0.1) is 5.92 Å². The first-order chi connectivity index (χ1) is 9.30. The van der Waals surface area contributed by atoms with E-state index >= 15 is 0 Å². The van der Waals surface area contributed by atoms with Crippen LogP contribution in [0.2, 0.25) is 0 Å². The van der Waals surface area contributed by atoms with Gasteiger partial charge in [-0.05, 0) is 45.6 Å². The van der Waals surface area contributed by atoms with E-state index in [2.05, 4.69) is 65.0 Å². The Hall–Kier alpha value is -1.06. The summed E-state index contributed by atoms with van der Waals surface area (Å²) in [6, 6.07) is 10.5. The van der Waals surface area contributed by atoms with E-state index in [4.69, 9.17) is 9.31 Å². The molecule has 2 nitrogen and oxygen atoms in total. The number of benzene rings is 1. The van der Waals surface area contributed by atoms with Crippen molar-refractivity contribution in [2.75, 3.05) is 0 Å². The van der Waals surface area contributed by atoms with Crippen LogP contribution in [0.5, 0.6) is 0 Å². The Kier molecular flexibility index (Phi) is 4.41.